The number of amides is 4. The van der Waals surface area contributed by atoms with Gasteiger partial charge in [-0.05, 0) is 62.5 Å². The van der Waals surface area contributed by atoms with Crippen LogP contribution in [0.4, 0.5) is 9.18 Å². The van der Waals surface area contributed by atoms with E-state index in [1.165, 1.54) is 18.2 Å². The van der Waals surface area contributed by atoms with Gasteiger partial charge < -0.3 is 30.1 Å². The Labute approximate surface area is 305 Å². The number of rotatable bonds is 8. The van der Waals surface area contributed by atoms with Crippen LogP contribution in [0.2, 0.25) is 5.02 Å². The molecule has 6 rings (SSSR count). The highest BCUT2D eigenvalue weighted by Crippen LogP contribution is 2.48. The standard InChI is InChI=1S/C35H43ClFN5O9S/c1-19-7-4-5-8-21-15-35(21,32(45)41-52(48,49)34(18-37)11-12-34)40-29(43)25-14-22(17-42(25)31(44)28(20(2)13-19)39-33(46)47)51-30-23-9-6-10-24(36)27(23)26(50-3)16-38-30/h5-6,8-10,16,19-22,25,28,39H,4,7,11-15,17-18H2,1-3H3,(H,40,43)(H,41,45)(H,46,47)/b8-5-/t19-,20-,21-,22-,25+,28+,35-/m1/s1. The van der Waals surface area contributed by atoms with Crippen molar-refractivity contribution in [3.63, 3.8) is 0 Å². The van der Waals surface area contributed by atoms with Crippen LogP contribution in [0.3, 0.4) is 0 Å². The average molecular weight is 764 g/mol. The first-order valence-electron chi connectivity index (χ1n) is 17.3. The molecule has 4 amide bonds. The van der Waals surface area contributed by atoms with E-state index in [9.17, 15) is 37.1 Å². The van der Waals surface area contributed by atoms with Crippen molar-refractivity contribution in [1.29, 1.82) is 0 Å². The second kappa shape index (κ2) is 14.3. The molecule has 1 aromatic heterocycles. The van der Waals surface area contributed by atoms with Gasteiger partial charge in [0.1, 0.15) is 40.9 Å². The van der Waals surface area contributed by atoms with E-state index in [1.807, 2.05) is 17.7 Å². The fourth-order valence-electron chi connectivity index (χ4n) is 7.49. The number of allylic oxidation sites excluding steroid dienone is 1. The molecule has 7 atom stereocenters. The van der Waals surface area contributed by atoms with Crippen molar-refractivity contribution < 1.29 is 46.6 Å². The number of hydrogen-bond donors (Lipinski definition) is 4. The smallest absolute Gasteiger partial charge is 0.405 e. The number of fused-ring (bicyclic) bond motifs is 3. The van der Waals surface area contributed by atoms with Crippen LogP contribution in [0.1, 0.15) is 58.8 Å². The molecule has 4 N–H and O–H groups in total. The molecule has 4 aliphatic rings. The summed E-state index contributed by atoms with van der Waals surface area (Å²) in [4.78, 5) is 60.0. The zero-order valence-corrected chi connectivity index (χ0v) is 30.6. The molecule has 3 heterocycles. The summed E-state index contributed by atoms with van der Waals surface area (Å²) in [5.41, 5.74) is -1.68. The van der Waals surface area contributed by atoms with Gasteiger partial charge in [-0.2, -0.15) is 0 Å². The first-order valence-corrected chi connectivity index (χ1v) is 19.2. The Morgan fingerprint density at radius 1 is 1.21 bits per heavy atom. The van der Waals surface area contributed by atoms with Crippen molar-refractivity contribution in [3.8, 4) is 11.6 Å². The van der Waals surface area contributed by atoms with Crippen molar-refractivity contribution in [2.45, 2.75) is 87.3 Å². The summed E-state index contributed by atoms with van der Waals surface area (Å²) >= 11 is 6.49. The maximum absolute atomic E-state index is 14.4. The largest absolute Gasteiger partial charge is 0.494 e. The van der Waals surface area contributed by atoms with Crippen molar-refractivity contribution in [2.75, 3.05) is 20.3 Å². The van der Waals surface area contributed by atoms with Crippen LogP contribution >= 0.6 is 11.6 Å². The van der Waals surface area contributed by atoms with Gasteiger partial charge in [-0.1, -0.05) is 43.7 Å². The predicted octanol–water partition coefficient (Wildman–Crippen LogP) is 3.72. The monoisotopic (exact) mass is 763 g/mol. The number of aromatic nitrogens is 1. The van der Waals surface area contributed by atoms with E-state index in [1.54, 1.807) is 31.2 Å². The number of carboxylic acid groups (broad SMARTS) is 1. The van der Waals surface area contributed by atoms with Gasteiger partial charge in [0.25, 0.3) is 5.91 Å². The first kappa shape index (κ1) is 37.6. The molecule has 282 valence electrons. The predicted molar refractivity (Wildman–Crippen MR) is 188 cm³/mol. The Balaban J connectivity index is 1.35. The second-order valence-electron chi connectivity index (χ2n) is 14.5. The van der Waals surface area contributed by atoms with Gasteiger partial charge in [-0.3, -0.25) is 19.1 Å². The number of nitrogens with zero attached hydrogens (tertiary/aromatic N) is 2. The van der Waals surface area contributed by atoms with Gasteiger partial charge in [0.2, 0.25) is 27.7 Å². The van der Waals surface area contributed by atoms with Gasteiger partial charge in [0.05, 0.1) is 24.9 Å². The van der Waals surface area contributed by atoms with Crippen LogP contribution < -0.4 is 24.8 Å². The van der Waals surface area contributed by atoms with E-state index < -0.39 is 80.8 Å². The maximum Gasteiger partial charge on any atom is 0.405 e. The lowest BCUT2D eigenvalue weighted by molar-refractivity contribution is -0.142. The quantitative estimate of drug-likeness (QED) is 0.288. The number of nitrogens with one attached hydrogen (secondary N) is 3. The zero-order chi connectivity index (χ0) is 37.6. The van der Waals surface area contributed by atoms with E-state index >= 15 is 0 Å². The van der Waals surface area contributed by atoms with Gasteiger partial charge in [-0.25, -0.2) is 22.6 Å². The third kappa shape index (κ3) is 7.10. The Morgan fingerprint density at radius 3 is 2.63 bits per heavy atom. The topological polar surface area (TPSA) is 193 Å². The number of halogens is 2. The molecule has 0 spiro atoms. The third-order valence-electron chi connectivity index (χ3n) is 10.8. The molecule has 1 aromatic carbocycles. The van der Waals surface area contributed by atoms with Crippen molar-refractivity contribution >= 4 is 56.2 Å². The Hall–Kier alpha value is -4.18. The molecule has 2 aromatic rings. The number of hydrogen-bond acceptors (Lipinski definition) is 9. The summed E-state index contributed by atoms with van der Waals surface area (Å²) in [6.45, 7) is 2.49. The number of benzene rings is 1. The highest BCUT2D eigenvalue weighted by Gasteiger charge is 2.64. The minimum atomic E-state index is -4.39. The molecule has 1 saturated heterocycles. The number of alkyl halides is 1. The lowest BCUT2D eigenvalue weighted by Crippen LogP contribution is -2.59. The van der Waals surface area contributed by atoms with Crippen molar-refractivity contribution in [3.05, 3.63) is 41.6 Å². The van der Waals surface area contributed by atoms with Crippen molar-refractivity contribution in [2.24, 2.45) is 17.8 Å². The SMILES string of the molecule is COc1cnc(O[C@@H]2C[C@H]3C(=O)N[C@]4(C(=O)NS(=O)(=O)C5(CF)CC5)C[C@H]4/C=C\CC[C@@H](C)C[C@@H](C)[C@H](NC(=O)O)C(=O)N3C2)c2cccc(Cl)c12. The number of carbonyl (C=O) groups is 4. The molecular formula is C35H43ClFN5O9S. The molecule has 3 fully saturated rings. The first-order chi connectivity index (χ1) is 24.6. The molecule has 0 unspecified atom stereocenters. The van der Waals surface area contributed by atoms with E-state index in [-0.39, 0.29) is 44.0 Å². The summed E-state index contributed by atoms with van der Waals surface area (Å²) in [5.74, 6) is -2.76. The number of sulfonamides is 1. The lowest BCUT2D eigenvalue weighted by Gasteiger charge is -2.32. The summed E-state index contributed by atoms with van der Waals surface area (Å²) in [6.07, 6.45) is 4.80. The second-order valence-corrected chi connectivity index (χ2v) is 17.0. The molecule has 0 bridgehead atoms. The molecule has 14 nitrogen and oxygen atoms in total. The zero-order valence-electron chi connectivity index (χ0n) is 29.1. The number of carbonyl (C=O) groups excluding carboxylic acids is 3. The Bertz CT molecular complexity index is 1910. The van der Waals surface area contributed by atoms with E-state index in [2.05, 4.69) is 15.6 Å². The van der Waals surface area contributed by atoms with Gasteiger partial charge in [-0.15, -0.1) is 0 Å². The number of pyridine rings is 1. The van der Waals surface area contributed by atoms with Crippen LogP contribution in [0, 0.1) is 17.8 Å². The minimum absolute atomic E-state index is 0.0701. The fraction of sp³-hybridized carbons (Fsp3) is 0.571. The van der Waals surface area contributed by atoms with Crippen LogP contribution in [0.15, 0.2) is 36.5 Å². The lowest BCUT2D eigenvalue weighted by atomic mass is 9.88. The van der Waals surface area contributed by atoms with Crippen LogP contribution in [-0.2, 0) is 24.4 Å². The molecule has 17 heteroatoms. The van der Waals surface area contributed by atoms with Gasteiger partial charge in [0.15, 0.2) is 0 Å². The third-order valence-corrected chi connectivity index (χ3v) is 13.3. The summed E-state index contributed by atoms with van der Waals surface area (Å²) in [5, 5.41) is 16.3. The summed E-state index contributed by atoms with van der Waals surface area (Å²) in [7, 11) is -2.92. The Morgan fingerprint density at radius 2 is 1.96 bits per heavy atom. The van der Waals surface area contributed by atoms with E-state index in [4.69, 9.17) is 21.1 Å². The highest BCUT2D eigenvalue weighted by molar-refractivity contribution is 7.91. The maximum atomic E-state index is 14.4. The number of ether oxygens (including phenoxy) is 2. The van der Waals surface area contributed by atoms with E-state index in [0.717, 1.165) is 0 Å². The molecular weight excluding hydrogens is 721 g/mol. The van der Waals surface area contributed by atoms with Gasteiger partial charge >= 0.3 is 6.09 Å². The molecule has 0 radical (unpaired) electrons. The van der Waals surface area contributed by atoms with Crippen LogP contribution in [-0.4, -0.2) is 96.0 Å². The highest BCUT2D eigenvalue weighted by atomic mass is 35.5. The molecule has 2 saturated carbocycles. The molecule has 2 aliphatic carbocycles. The van der Waals surface area contributed by atoms with Gasteiger partial charge in [0, 0.05) is 23.1 Å². The average Bonchev–Trinajstić information content (AvgIpc) is 4.00. The molecule has 52 heavy (non-hydrogen) atoms. The van der Waals surface area contributed by atoms with Crippen molar-refractivity contribution in [1.82, 2.24) is 25.2 Å². The fourth-order valence-corrected chi connectivity index (χ4v) is 9.19. The summed E-state index contributed by atoms with van der Waals surface area (Å²) < 4.78 is 52.1. The number of methoxy groups -OCH3 is 1. The molecule has 2 aliphatic heterocycles. The summed E-state index contributed by atoms with van der Waals surface area (Å²) in [6, 6.07) is 2.68. The van der Waals surface area contributed by atoms with Crippen LogP contribution in [0.25, 0.3) is 10.8 Å². The Kier molecular flexibility index (Phi) is 10.4. The minimum Gasteiger partial charge on any atom is -0.494 e. The normalized spacial score (nSPS) is 30.8. The van der Waals surface area contributed by atoms with Crippen LogP contribution in [0.5, 0.6) is 11.6 Å². The van der Waals surface area contributed by atoms with E-state index in [0.29, 0.717) is 40.8 Å².